The van der Waals surface area contributed by atoms with E-state index in [-0.39, 0.29) is 24.2 Å². The molecule has 1 aliphatic heterocycles. The maximum atomic E-state index is 14.5. The molecular weight excluding hydrogens is 516 g/mol. The van der Waals surface area contributed by atoms with Crippen LogP contribution in [0, 0.1) is 18.6 Å². The summed E-state index contributed by atoms with van der Waals surface area (Å²) < 4.78 is 35.7. The number of benzene rings is 2. The summed E-state index contributed by atoms with van der Waals surface area (Å²) in [6.45, 7) is 5.53. The Bertz CT molecular complexity index is 1570. The van der Waals surface area contributed by atoms with E-state index in [0.29, 0.717) is 39.2 Å². The zero-order valence-electron chi connectivity index (χ0n) is 20.8. The van der Waals surface area contributed by atoms with Crippen molar-refractivity contribution >= 4 is 34.3 Å². The molecule has 1 aliphatic rings. The first kappa shape index (κ1) is 25.6. The summed E-state index contributed by atoms with van der Waals surface area (Å²) in [7, 11) is 0. The lowest BCUT2D eigenvalue weighted by atomic mass is 9.98. The highest BCUT2D eigenvalue weighted by molar-refractivity contribution is 6.35. The number of rotatable bonds is 6. The van der Waals surface area contributed by atoms with E-state index in [4.69, 9.17) is 16.3 Å². The van der Waals surface area contributed by atoms with Gasteiger partial charge >= 0.3 is 11.8 Å². The molecule has 38 heavy (non-hydrogen) atoms. The van der Waals surface area contributed by atoms with Crippen molar-refractivity contribution in [3.8, 4) is 11.4 Å². The Labute approximate surface area is 222 Å². The van der Waals surface area contributed by atoms with Gasteiger partial charge in [0.1, 0.15) is 23.7 Å². The minimum atomic E-state index is -0.707. The fraction of sp³-hybridized carbons (Fsp3) is 0.259. The molecule has 0 unspecified atom stereocenters. The minimum absolute atomic E-state index is 0.0525. The second kappa shape index (κ2) is 10.0. The smallest absolute Gasteiger partial charge is 0.312 e. The Balaban J connectivity index is 1.51. The number of hydrogen-bond donors (Lipinski definition) is 1. The van der Waals surface area contributed by atoms with Gasteiger partial charge in [-0.1, -0.05) is 23.7 Å². The fourth-order valence-corrected chi connectivity index (χ4v) is 4.97. The van der Waals surface area contributed by atoms with E-state index in [2.05, 4.69) is 15.4 Å². The molecule has 5 rings (SSSR count). The SMILES string of the molecule is Cc1cc(-n2cc(F)cn2)c2cccc(OCc3c(Cl)cc(F)cc3[C@H](C)N3C[C@H](C)NC(=O)C3=O)c2n1. The van der Waals surface area contributed by atoms with E-state index in [1.54, 1.807) is 32.0 Å². The van der Waals surface area contributed by atoms with Crippen LogP contribution < -0.4 is 10.1 Å². The lowest BCUT2D eigenvalue weighted by Gasteiger charge is -2.36. The topological polar surface area (TPSA) is 89.4 Å². The average molecular weight is 540 g/mol. The van der Waals surface area contributed by atoms with Crippen molar-refractivity contribution in [1.82, 2.24) is 25.0 Å². The average Bonchev–Trinajstić information content (AvgIpc) is 3.30. The van der Waals surface area contributed by atoms with Gasteiger partial charge in [0.25, 0.3) is 0 Å². The lowest BCUT2D eigenvalue weighted by molar-refractivity contribution is -0.151. The number of aromatic nitrogens is 3. The molecule has 2 atom stereocenters. The Morgan fingerprint density at radius 1 is 1.21 bits per heavy atom. The summed E-state index contributed by atoms with van der Waals surface area (Å²) in [4.78, 5) is 30.7. The number of amides is 2. The van der Waals surface area contributed by atoms with Crippen LogP contribution in [0.25, 0.3) is 16.6 Å². The molecule has 2 aromatic carbocycles. The number of fused-ring (bicyclic) bond motifs is 1. The first-order valence-electron chi connectivity index (χ1n) is 12.0. The normalized spacial score (nSPS) is 16.6. The third-order valence-corrected chi connectivity index (χ3v) is 6.83. The first-order valence-corrected chi connectivity index (χ1v) is 12.3. The molecule has 0 radical (unpaired) electrons. The van der Waals surface area contributed by atoms with Gasteiger partial charge in [-0.05, 0) is 50.6 Å². The molecular formula is C27H24ClF2N5O3. The second-order valence-electron chi connectivity index (χ2n) is 9.29. The number of carbonyl (C=O) groups excluding carboxylic acids is 2. The number of pyridine rings is 1. The summed E-state index contributed by atoms with van der Waals surface area (Å²) >= 11 is 6.46. The summed E-state index contributed by atoms with van der Waals surface area (Å²) in [6, 6.07) is 8.72. The number of carbonyl (C=O) groups is 2. The Morgan fingerprint density at radius 3 is 2.74 bits per heavy atom. The molecule has 11 heteroatoms. The molecule has 0 spiro atoms. The van der Waals surface area contributed by atoms with Crippen LogP contribution in [0.4, 0.5) is 8.78 Å². The van der Waals surface area contributed by atoms with Gasteiger partial charge in [-0.2, -0.15) is 5.10 Å². The molecule has 2 amide bonds. The highest BCUT2D eigenvalue weighted by Gasteiger charge is 2.35. The molecule has 4 aromatic rings. The van der Waals surface area contributed by atoms with E-state index < -0.39 is 29.5 Å². The molecule has 0 aliphatic carbocycles. The van der Waals surface area contributed by atoms with Gasteiger partial charge < -0.3 is 15.0 Å². The molecule has 0 bridgehead atoms. The summed E-state index contributed by atoms with van der Waals surface area (Å²) in [5, 5.41) is 7.49. The Hall–Kier alpha value is -4.05. The van der Waals surface area contributed by atoms with Crippen LogP contribution in [0.5, 0.6) is 5.75 Å². The van der Waals surface area contributed by atoms with Crippen molar-refractivity contribution in [2.24, 2.45) is 0 Å². The van der Waals surface area contributed by atoms with Crippen molar-refractivity contribution in [2.45, 2.75) is 39.5 Å². The van der Waals surface area contributed by atoms with E-state index in [9.17, 15) is 18.4 Å². The highest BCUT2D eigenvalue weighted by Crippen LogP contribution is 2.34. The van der Waals surface area contributed by atoms with Gasteiger partial charge in [-0.15, -0.1) is 0 Å². The second-order valence-corrected chi connectivity index (χ2v) is 9.70. The van der Waals surface area contributed by atoms with Crippen molar-refractivity contribution < 1.29 is 23.1 Å². The summed E-state index contributed by atoms with van der Waals surface area (Å²) in [5.41, 5.74) is 2.74. The van der Waals surface area contributed by atoms with E-state index in [0.717, 1.165) is 6.20 Å². The number of nitrogens with one attached hydrogen (secondary N) is 1. The van der Waals surface area contributed by atoms with Crippen molar-refractivity contribution in [3.63, 3.8) is 0 Å². The third-order valence-electron chi connectivity index (χ3n) is 6.49. The van der Waals surface area contributed by atoms with Crippen molar-refractivity contribution in [2.75, 3.05) is 6.54 Å². The first-order chi connectivity index (χ1) is 18.1. The van der Waals surface area contributed by atoms with Crippen LogP contribution in [0.2, 0.25) is 5.02 Å². The Morgan fingerprint density at radius 2 is 2.00 bits per heavy atom. The van der Waals surface area contributed by atoms with Crippen LogP contribution in [-0.4, -0.2) is 44.1 Å². The monoisotopic (exact) mass is 539 g/mol. The number of ether oxygens (including phenoxy) is 1. The molecule has 0 saturated carbocycles. The Kier molecular flexibility index (Phi) is 6.75. The zero-order chi connectivity index (χ0) is 27.1. The third kappa shape index (κ3) is 4.79. The summed E-state index contributed by atoms with van der Waals surface area (Å²) in [5.74, 6) is -2.01. The van der Waals surface area contributed by atoms with Gasteiger partial charge in [0.2, 0.25) is 0 Å². The molecule has 1 N–H and O–H groups in total. The van der Waals surface area contributed by atoms with Crippen molar-refractivity contribution in [3.05, 3.63) is 82.3 Å². The zero-order valence-corrected chi connectivity index (χ0v) is 21.6. The fourth-order valence-electron chi connectivity index (χ4n) is 4.71. The van der Waals surface area contributed by atoms with Crippen LogP contribution in [-0.2, 0) is 16.2 Å². The number of piperazine rings is 1. The lowest BCUT2D eigenvalue weighted by Crippen LogP contribution is -2.57. The maximum absolute atomic E-state index is 14.5. The van der Waals surface area contributed by atoms with Crippen LogP contribution >= 0.6 is 11.6 Å². The van der Waals surface area contributed by atoms with Crippen LogP contribution in [0.15, 0.2) is 48.8 Å². The van der Waals surface area contributed by atoms with Gasteiger partial charge in [0, 0.05) is 29.2 Å². The number of para-hydroxylation sites is 1. The summed E-state index contributed by atoms with van der Waals surface area (Å²) in [6.07, 6.45) is 2.40. The van der Waals surface area contributed by atoms with Gasteiger partial charge in [0.15, 0.2) is 5.82 Å². The van der Waals surface area contributed by atoms with Crippen molar-refractivity contribution in [1.29, 1.82) is 0 Å². The minimum Gasteiger partial charge on any atom is -0.487 e. The number of aryl methyl sites for hydroxylation is 1. The number of nitrogens with zero attached hydrogens (tertiary/aromatic N) is 4. The predicted molar refractivity (Wildman–Crippen MR) is 137 cm³/mol. The maximum Gasteiger partial charge on any atom is 0.312 e. The van der Waals surface area contributed by atoms with Crippen LogP contribution in [0.3, 0.4) is 0 Å². The quantitative estimate of drug-likeness (QED) is 0.360. The van der Waals surface area contributed by atoms with Crippen LogP contribution in [0.1, 0.15) is 36.7 Å². The van der Waals surface area contributed by atoms with E-state index in [1.807, 2.05) is 13.0 Å². The van der Waals surface area contributed by atoms with Gasteiger partial charge in [0.05, 0.1) is 29.1 Å². The highest BCUT2D eigenvalue weighted by atomic mass is 35.5. The van der Waals surface area contributed by atoms with E-state index >= 15 is 0 Å². The largest absolute Gasteiger partial charge is 0.487 e. The van der Waals surface area contributed by atoms with Gasteiger partial charge in [-0.25, -0.2) is 18.4 Å². The molecule has 1 saturated heterocycles. The number of halogens is 3. The molecule has 3 heterocycles. The van der Waals surface area contributed by atoms with Gasteiger partial charge in [-0.3, -0.25) is 9.59 Å². The predicted octanol–water partition coefficient (Wildman–Crippen LogP) is 4.65. The van der Waals surface area contributed by atoms with E-state index in [1.165, 1.54) is 27.9 Å². The molecule has 1 fully saturated rings. The molecule has 2 aromatic heterocycles. The molecule has 196 valence electrons. The number of hydrogen-bond acceptors (Lipinski definition) is 5. The molecule has 8 nitrogen and oxygen atoms in total. The standard InChI is InChI=1S/C27H24ClF2N5O3/c1-14-7-23(35-12-18(30)10-31-35)19-5-4-6-24(25(19)32-14)38-13-21-20(8-17(29)9-22(21)28)16(3)34-11-15(2)33-26(36)27(34)37/h4-10,12,15-16H,11,13H2,1-3H3,(H,33,36)/t15-,16-/m0/s1.